The van der Waals surface area contributed by atoms with Gasteiger partial charge in [0, 0.05) is 6.42 Å². The van der Waals surface area contributed by atoms with Crippen molar-refractivity contribution >= 4 is 11.6 Å². The maximum atomic E-state index is 13.2. The summed E-state index contributed by atoms with van der Waals surface area (Å²) in [5.74, 6) is 3.90. The lowest BCUT2D eigenvalue weighted by molar-refractivity contribution is 0.140. The van der Waals surface area contributed by atoms with E-state index in [1.54, 1.807) is 0 Å². The van der Waals surface area contributed by atoms with E-state index < -0.39 is 5.82 Å². The summed E-state index contributed by atoms with van der Waals surface area (Å²) < 4.78 is 13.2. The lowest BCUT2D eigenvalue weighted by Gasteiger charge is -2.04. The highest BCUT2D eigenvalue weighted by Gasteiger charge is 2.10. The molecule has 0 aliphatic carbocycles. The van der Waals surface area contributed by atoms with Gasteiger partial charge in [0.1, 0.15) is 16.6 Å². The molecule has 0 heterocycles. The maximum Gasteiger partial charge on any atom is 0.148 e. The van der Waals surface area contributed by atoms with E-state index in [-0.39, 0.29) is 17.4 Å². The third-order valence-electron chi connectivity index (χ3n) is 1.63. The van der Waals surface area contributed by atoms with E-state index in [0.717, 1.165) is 0 Å². The molecule has 13 heavy (non-hydrogen) atoms. The minimum atomic E-state index is -0.626. The fourth-order valence-electron chi connectivity index (χ4n) is 0.941. The Morgan fingerprint density at radius 2 is 2.23 bits per heavy atom. The van der Waals surface area contributed by atoms with Crippen molar-refractivity contribution in [1.82, 2.24) is 0 Å². The number of aromatic hydroxyl groups is 1. The second-order valence-corrected chi connectivity index (χ2v) is 2.87. The Morgan fingerprint density at radius 1 is 1.54 bits per heavy atom. The summed E-state index contributed by atoms with van der Waals surface area (Å²) in [5.41, 5.74) is 0.369. The van der Waals surface area contributed by atoms with Crippen molar-refractivity contribution < 1.29 is 14.3 Å². The second-order valence-electron chi connectivity index (χ2n) is 2.49. The zero-order valence-electron chi connectivity index (χ0n) is 6.76. The number of halogens is 2. The number of rotatable bonds is 3. The van der Waals surface area contributed by atoms with Crippen LogP contribution < -0.4 is 5.90 Å². The van der Waals surface area contributed by atoms with Crippen LogP contribution in [0.4, 0.5) is 4.39 Å². The molecule has 3 nitrogen and oxygen atoms in total. The van der Waals surface area contributed by atoms with Gasteiger partial charge in [0.25, 0.3) is 0 Å². The SMILES string of the molecule is NOCCc1ccc(O)c(Cl)c1F. The van der Waals surface area contributed by atoms with Crippen LogP contribution in [0.15, 0.2) is 12.1 Å². The normalized spacial score (nSPS) is 10.4. The largest absolute Gasteiger partial charge is 0.506 e. The van der Waals surface area contributed by atoms with E-state index in [9.17, 15) is 4.39 Å². The van der Waals surface area contributed by atoms with E-state index in [2.05, 4.69) is 4.84 Å². The third kappa shape index (κ3) is 2.30. The molecule has 0 aliphatic rings. The van der Waals surface area contributed by atoms with Crippen molar-refractivity contribution in [3.05, 3.63) is 28.5 Å². The number of nitrogens with two attached hydrogens (primary N) is 1. The Hall–Kier alpha value is -0.840. The number of hydrogen-bond acceptors (Lipinski definition) is 3. The molecule has 0 bridgehead atoms. The third-order valence-corrected chi connectivity index (χ3v) is 1.99. The summed E-state index contributed by atoms with van der Waals surface area (Å²) in [5, 5.41) is 8.75. The molecule has 0 unspecified atom stereocenters. The predicted molar refractivity (Wildman–Crippen MR) is 46.9 cm³/mol. The molecule has 1 rings (SSSR count). The minimum absolute atomic E-state index is 0.206. The van der Waals surface area contributed by atoms with Crippen LogP contribution in [-0.4, -0.2) is 11.7 Å². The molecule has 0 aromatic heterocycles. The molecular formula is C8H9ClFNO2. The van der Waals surface area contributed by atoms with Crippen molar-refractivity contribution in [2.75, 3.05) is 6.61 Å². The lowest BCUT2D eigenvalue weighted by Crippen LogP contribution is -2.05. The van der Waals surface area contributed by atoms with Gasteiger partial charge in [0.15, 0.2) is 0 Å². The van der Waals surface area contributed by atoms with Crippen LogP contribution in [0.25, 0.3) is 0 Å². The first-order chi connectivity index (χ1) is 6.16. The molecule has 0 fully saturated rings. The van der Waals surface area contributed by atoms with Gasteiger partial charge in [-0.25, -0.2) is 10.3 Å². The molecule has 0 radical (unpaired) electrons. The van der Waals surface area contributed by atoms with Crippen LogP contribution in [0.5, 0.6) is 5.75 Å². The average Bonchev–Trinajstić information content (AvgIpc) is 2.13. The van der Waals surface area contributed by atoms with E-state index >= 15 is 0 Å². The van der Waals surface area contributed by atoms with Gasteiger partial charge in [0.05, 0.1) is 6.61 Å². The average molecular weight is 206 g/mol. The van der Waals surface area contributed by atoms with Crippen LogP contribution in [0.2, 0.25) is 5.02 Å². The van der Waals surface area contributed by atoms with Crippen LogP contribution in [-0.2, 0) is 11.3 Å². The first kappa shape index (κ1) is 10.2. The zero-order chi connectivity index (χ0) is 9.84. The molecule has 0 spiro atoms. The van der Waals surface area contributed by atoms with Gasteiger partial charge in [-0.1, -0.05) is 17.7 Å². The van der Waals surface area contributed by atoms with Gasteiger partial charge < -0.3 is 9.94 Å². The van der Waals surface area contributed by atoms with Crippen LogP contribution in [0, 0.1) is 5.82 Å². The molecule has 0 atom stereocenters. The first-order valence-corrected chi connectivity index (χ1v) is 4.02. The molecule has 0 saturated heterocycles. The smallest absolute Gasteiger partial charge is 0.148 e. The molecule has 3 N–H and O–H groups in total. The van der Waals surface area contributed by atoms with Crippen molar-refractivity contribution in [3.63, 3.8) is 0 Å². The summed E-state index contributed by atoms with van der Waals surface area (Å²) in [6.07, 6.45) is 0.322. The Labute approximate surface area is 79.8 Å². The number of benzene rings is 1. The summed E-state index contributed by atoms with van der Waals surface area (Å²) in [7, 11) is 0. The Morgan fingerprint density at radius 3 is 2.85 bits per heavy atom. The van der Waals surface area contributed by atoms with E-state index in [0.29, 0.717) is 12.0 Å². The molecule has 72 valence electrons. The van der Waals surface area contributed by atoms with Crippen molar-refractivity contribution in [3.8, 4) is 5.75 Å². The monoisotopic (exact) mass is 205 g/mol. The highest BCUT2D eigenvalue weighted by molar-refractivity contribution is 6.32. The van der Waals surface area contributed by atoms with Gasteiger partial charge >= 0.3 is 0 Å². The van der Waals surface area contributed by atoms with Crippen LogP contribution in [0.3, 0.4) is 0 Å². The predicted octanol–water partition coefficient (Wildman–Crippen LogP) is 1.62. The van der Waals surface area contributed by atoms with E-state index in [1.165, 1.54) is 12.1 Å². The van der Waals surface area contributed by atoms with Gasteiger partial charge in [-0.05, 0) is 11.6 Å². The van der Waals surface area contributed by atoms with Crippen molar-refractivity contribution in [2.24, 2.45) is 5.90 Å². The molecule has 0 amide bonds. The number of phenols is 1. The molecule has 1 aromatic rings. The highest BCUT2D eigenvalue weighted by Crippen LogP contribution is 2.28. The Kier molecular flexibility index (Phi) is 3.48. The Bertz CT molecular complexity index is 306. The molecule has 5 heteroatoms. The van der Waals surface area contributed by atoms with Gasteiger partial charge in [-0.15, -0.1) is 0 Å². The molecule has 1 aromatic carbocycles. The molecular weight excluding hydrogens is 197 g/mol. The van der Waals surface area contributed by atoms with Crippen LogP contribution >= 0.6 is 11.6 Å². The summed E-state index contributed by atoms with van der Waals surface area (Å²) in [6.45, 7) is 0.206. The van der Waals surface area contributed by atoms with Gasteiger partial charge in [-0.3, -0.25) is 0 Å². The second kappa shape index (κ2) is 4.41. The quantitative estimate of drug-likeness (QED) is 0.738. The number of phenolic OH excluding ortho intramolecular Hbond substituents is 1. The summed E-state index contributed by atoms with van der Waals surface area (Å²) in [6, 6.07) is 2.77. The van der Waals surface area contributed by atoms with E-state index in [1.807, 2.05) is 0 Å². The fraction of sp³-hybridized carbons (Fsp3) is 0.250. The lowest BCUT2D eigenvalue weighted by atomic mass is 10.1. The molecule has 0 aliphatic heterocycles. The zero-order valence-corrected chi connectivity index (χ0v) is 7.51. The maximum absolute atomic E-state index is 13.2. The Balaban J connectivity index is 2.90. The highest BCUT2D eigenvalue weighted by atomic mass is 35.5. The molecule has 0 saturated carbocycles. The van der Waals surface area contributed by atoms with Gasteiger partial charge in [0.2, 0.25) is 0 Å². The fourth-order valence-corrected chi connectivity index (χ4v) is 1.13. The van der Waals surface area contributed by atoms with Crippen molar-refractivity contribution in [2.45, 2.75) is 6.42 Å². The van der Waals surface area contributed by atoms with E-state index in [4.69, 9.17) is 22.6 Å². The topological polar surface area (TPSA) is 55.5 Å². The standard InChI is InChI=1S/C8H9ClFNO2/c9-7-6(12)2-1-5(8(7)10)3-4-13-11/h1-2,12H,3-4,11H2. The summed E-state index contributed by atoms with van der Waals surface area (Å²) in [4.78, 5) is 4.30. The minimum Gasteiger partial charge on any atom is -0.506 e. The van der Waals surface area contributed by atoms with Crippen molar-refractivity contribution in [1.29, 1.82) is 0 Å². The van der Waals surface area contributed by atoms with Crippen LogP contribution in [0.1, 0.15) is 5.56 Å². The first-order valence-electron chi connectivity index (χ1n) is 3.64. The summed E-state index contributed by atoms with van der Waals surface area (Å²) >= 11 is 5.46. The number of hydrogen-bond donors (Lipinski definition) is 2. The van der Waals surface area contributed by atoms with Gasteiger partial charge in [-0.2, -0.15) is 0 Å².